The second-order valence-corrected chi connectivity index (χ2v) is 11.5. The minimum absolute atomic E-state index is 0.134. The highest BCUT2D eigenvalue weighted by molar-refractivity contribution is 6.02. The summed E-state index contributed by atoms with van der Waals surface area (Å²) in [5, 5.41) is 6.25. The van der Waals surface area contributed by atoms with E-state index in [4.69, 9.17) is 4.74 Å². The summed E-state index contributed by atoms with van der Waals surface area (Å²) in [6, 6.07) is 5.18. The zero-order valence-corrected chi connectivity index (χ0v) is 21.9. The third kappa shape index (κ3) is 4.25. The molecule has 1 aromatic carbocycles. The molecule has 7 heteroatoms. The lowest BCUT2D eigenvalue weighted by Gasteiger charge is -2.34. The molecule has 2 saturated heterocycles. The molecule has 3 fully saturated rings. The second-order valence-electron chi connectivity index (χ2n) is 11.5. The summed E-state index contributed by atoms with van der Waals surface area (Å²) in [4.78, 5) is 42.9. The first-order valence-corrected chi connectivity index (χ1v) is 13.6. The van der Waals surface area contributed by atoms with Gasteiger partial charge in [0.05, 0.1) is 17.9 Å². The van der Waals surface area contributed by atoms with Crippen LogP contribution >= 0.6 is 0 Å². The molecule has 36 heavy (non-hydrogen) atoms. The molecule has 1 aliphatic carbocycles. The van der Waals surface area contributed by atoms with Crippen LogP contribution in [0.25, 0.3) is 0 Å². The number of amides is 3. The molecule has 3 heterocycles. The van der Waals surface area contributed by atoms with Crippen molar-refractivity contribution in [2.24, 2.45) is 17.8 Å². The van der Waals surface area contributed by atoms with Gasteiger partial charge in [0, 0.05) is 18.3 Å². The number of benzene rings is 1. The number of anilines is 1. The van der Waals surface area contributed by atoms with Crippen LogP contribution in [0.3, 0.4) is 0 Å². The predicted octanol–water partition coefficient (Wildman–Crippen LogP) is 3.89. The van der Waals surface area contributed by atoms with Crippen LogP contribution in [0, 0.1) is 31.6 Å². The lowest BCUT2D eigenvalue weighted by atomic mass is 9.74. The molecular formula is C29H39N3O4. The van der Waals surface area contributed by atoms with Gasteiger partial charge in [0.15, 0.2) is 0 Å². The monoisotopic (exact) mass is 493 g/mol. The minimum Gasteiger partial charge on any atom is -0.359 e. The first kappa shape index (κ1) is 25.0. The van der Waals surface area contributed by atoms with Gasteiger partial charge in [-0.25, -0.2) is 0 Å². The third-order valence-corrected chi connectivity index (χ3v) is 8.60. The molecular weight excluding hydrogens is 454 g/mol. The summed E-state index contributed by atoms with van der Waals surface area (Å²) in [6.45, 7) is 8.73. The molecule has 5 atom stereocenters. The average Bonchev–Trinajstić information content (AvgIpc) is 3.48. The third-order valence-electron chi connectivity index (χ3n) is 8.60. The van der Waals surface area contributed by atoms with Crippen molar-refractivity contribution in [1.29, 1.82) is 0 Å². The van der Waals surface area contributed by atoms with E-state index in [0.29, 0.717) is 18.2 Å². The molecule has 1 aromatic rings. The normalized spacial score (nSPS) is 31.2. The smallest absolute Gasteiger partial charge is 0.246 e. The quantitative estimate of drug-likeness (QED) is 0.564. The number of hydrogen-bond donors (Lipinski definition) is 2. The number of carbonyl (C=O) groups is 3. The van der Waals surface area contributed by atoms with Crippen LogP contribution in [-0.2, 0) is 19.1 Å². The number of carbonyl (C=O) groups excluding carboxylic acids is 3. The maximum Gasteiger partial charge on any atom is 0.246 e. The van der Waals surface area contributed by atoms with E-state index >= 15 is 0 Å². The Morgan fingerprint density at radius 3 is 2.56 bits per heavy atom. The van der Waals surface area contributed by atoms with Crippen molar-refractivity contribution in [3.63, 3.8) is 0 Å². The first-order chi connectivity index (χ1) is 17.2. The lowest BCUT2D eigenvalue weighted by molar-refractivity contribution is -0.141. The van der Waals surface area contributed by atoms with Crippen molar-refractivity contribution >= 4 is 23.4 Å². The highest BCUT2D eigenvalue weighted by Gasteiger charge is 2.72. The Kier molecular flexibility index (Phi) is 6.70. The first-order valence-electron chi connectivity index (χ1n) is 13.6. The number of likely N-dealkylation sites (tertiary alicyclic amines) is 1. The predicted molar refractivity (Wildman–Crippen MR) is 138 cm³/mol. The van der Waals surface area contributed by atoms with E-state index in [0.717, 1.165) is 43.2 Å². The topological polar surface area (TPSA) is 87.7 Å². The summed E-state index contributed by atoms with van der Waals surface area (Å²) >= 11 is 0. The summed E-state index contributed by atoms with van der Waals surface area (Å²) in [7, 11) is 0. The molecule has 7 nitrogen and oxygen atoms in total. The fraction of sp³-hybridized carbons (Fsp3) is 0.621. The van der Waals surface area contributed by atoms with Crippen LogP contribution in [0.4, 0.5) is 5.69 Å². The maximum absolute atomic E-state index is 13.9. The molecule has 1 spiro atoms. The van der Waals surface area contributed by atoms with Crippen molar-refractivity contribution in [3.05, 3.63) is 41.5 Å². The Hall–Kier alpha value is -2.67. The average molecular weight is 494 g/mol. The molecule has 3 aliphatic heterocycles. The van der Waals surface area contributed by atoms with Gasteiger partial charge in [0.1, 0.15) is 11.6 Å². The Morgan fingerprint density at radius 2 is 1.86 bits per heavy atom. The van der Waals surface area contributed by atoms with E-state index < -0.39 is 29.6 Å². The van der Waals surface area contributed by atoms with E-state index in [9.17, 15) is 14.4 Å². The summed E-state index contributed by atoms with van der Waals surface area (Å²) in [5.74, 6) is -1.51. The fourth-order valence-electron chi connectivity index (χ4n) is 6.48. The molecule has 0 radical (unpaired) electrons. The van der Waals surface area contributed by atoms with Gasteiger partial charge in [0.25, 0.3) is 0 Å². The zero-order valence-electron chi connectivity index (χ0n) is 21.9. The van der Waals surface area contributed by atoms with Crippen LogP contribution in [0.2, 0.25) is 0 Å². The van der Waals surface area contributed by atoms with E-state index in [-0.39, 0.29) is 23.8 Å². The van der Waals surface area contributed by atoms with Crippen molar-refractivity contribution in [3.8, 4) is 0 Å². The van der Waals surface area contributed by atoms with Gasteiger partial charge < -0.3 is 20.3 Å². The van der Waals surface area contributed by atoms with Gasteiger partial charge in [-0.3, -0.25) is 14.4 Å². The largest absolute Gasteiger partial charge is 0.359 e. The van der Waals surface area contributed by atoms with Gasteiger partial charge in [-0.15, -0.1) is 0 Å². The zero-order chi connectivity index (χ0) is 25.6. The standard InChI is InChI=1S/C29H39N3O4/c1-17(2)13-15-32-25(27(34)30-20-8-6-5-7-9-20)29-14-12-22(36-29)23(24(29)28(32)35)26(33)31-21-11-10-18(3)19(4)16-21/h10-12,14,16-17,20,22-25H,5-9,13,15H2,1-4H3,(H,30,34)(H,31,33)/t22-,23?,24-,25?,29?/m1/s1. The summed E-state index contributed by atoms with van der Waals surface area (Å²) < 4.78 is 6.43. The number of nitrogens with one attached hydrogen (secondary N) is 2. The van der Waals surface area contributed by atoms with Crippen LogP contribution in [0.15, 0.2) is 30.4 Å². The molecule has 4 aliphatic rings. The van der Waals surface area contributed by atoms with Crippen LogP contribution in [-0.4, -0.2) is 53.0 Å². The van der Waals surface area contributed by atoms with Crippen molar-refractivity contribution < 1.29 is 19.1 Å². The Morgan fingerprint density at radius 1 is 1.11 bits per heavy atom. The van der Waals surface area contributed by atoms with Gasteiger partial charge in [-0.05, 0) is 62.3 Å². The molecule has 5 rings (SSSR count). The minimum atomic E-state index is -1.09. The number of rotatable bonds is 7. The van der Waals surface area contributed by atoms with E-state index in [1.165, 1.54) is 6.42 Å². The number of hydrogen-bond acceptors (Lipinski definition) is 4. The molecule has 3 unspecified atom stereocenters. The molecule has 2 N–H and O–H groups in total. The highest BCUT2D eigenvalue weighted by Crippen LogP contribution is 2.55. The van der Waals surface area contributed by atoms with E-state index in [1.807, 2.05) is 44.2 Å². The molecule has 1 saturated carbocycles. The molecule has 3 amide bonds. The van der Waals surface area contributed by atoms with Gasteiger partial charge in [0.2, 0.25) is 17.7 Å². The van der Waals surface area contributed by atoms with Crippen molar-refractivity contribution in [2.75, 3.05) is 11.9 Å². The number of fused-ring (bicyclic) bond motifs is 1. The second kappa shape index (κ2) is 9.66. The van der Waals surface area contributed by atoms with Crippen molar-refractivity contribution in [1.82, 2.24) is 10.2 Å². The number of ether oxygens (including phenoxy) is 1. The molecule has 0 aromatic heterocycles. The summed E-state index contributed by atoms with van der Waals surface area (Å²) in [6.07, 6.45) is 9.39. The van der Waals surface area contributed by atoms with Gasteiger partial charge in [-0.2, -0.15) is 0 Å². The number of nitrogens with zero attached hydrogens (tertiary/aromatic N) is 1. The lowest BCUT2D eigenvalue weighted by Crippen LogP contribution is -2.56. The van der Waals surface area contributed by atoms with Crippen LogP contribution in [0.1, 0.15) is 63.5 Å². The SMILES string of the molecule is Cc1ccc(NC(=O)C2[C@H]3C=CC4(O3)C(C(=O)NC3CCCCC3)N(CCC(C)C)C(=O)[C@@H]24)cc1C. The van der Waals surface area contributed by atoms with E-state index in [1.54, 1.807) is 4.90 Å². The highest BCUT2D eigenvalue weighted by atomic mass is 16.5. The Bertz CT molecular complexity index is 1080. The molecule has 2 bridgehead atoms. The molecule has 194 valence electrons. The van der Waals surface area contributed by atoms with Crippen molar-refractivity contribution in [2.45, 2.75) is 90.0 Å². The summed E-state index contributed by atoms with van der Waals surface area (Å²) in [5.41, 5.74) is 1.85. The Balaban J connectivity index is 1.42. The van der Waals surface area contributed by atoms with E-state index in [2.05, 4.69) is 24.5 Å². The van der Waals surface area contributed by atoms with Gasteiger partial charge in [-0.1, -0.05) is 51.3 Å². The van der Waals surface area contributed by atoms with Crippen LogP contribution < -0.4 is 10.6 Å². The number of aryl methyl sites for hydroxylation is 2. The van der Waals surface area contributed by atoms with Gasteiger partial charge >= 0.3 is 0 Å². The Labute approximate surface area is 214 Å². The van der Waals surface area contributed by atoms with Crippen LogP contribution in [0.5, 0.6) is 0 Å². The fourth-order valence-corrected chi connectivity index (χ4v) is 6.48. The maximum atomic E-state index is 13.9.